The van der Waals surface area contributed by atoms with E-state index < -0.39 is 0 Å². The molecule has 1 amide bonds. The van der Waals surface area contributed by atoms with Crippen molar-refractivity contribution in [1.82, 2.24) is 4.98 Å². The van der Waals surface area contributed by atoms with E-state index in [1.807, 2.05) is 25.1 Å². The van der Waals surface area contributed by atoms with Crippen LogP contribution < -0.4 is 10.6 Å². The Bertz CT molecular complexity index is 581. The van der Waals surface area contributed by atoms with E-state index in [0.29, 0.717) is 16.9 Å². The molecule has 2 rings (SSSR count). The van der Waals surface area contributed by atoms with Crippen LogP contribution in [0.15, 0.2) is 42.6 Å². The number of hydrogen-bond donors (Lipinski definition) is 1. The van der Waals surface area contributed by atoms with Crippen LogP contribution in [0, 0.1) is 6.92 Å². The van der Waals surface area contributed by atoms with Crippen molar-refractivity contribution in [3.8, 4) is 0 Å². The van der Waals surface area contributed by atoms with Crippen molar-refractivity contribution in [2.45, 2.75) is 6.92 Å². The van der Waals surface area contributed by atoms with E-state index in [1.54, 1.807) is 36.3 Å². The number of nitrogen functional groups attached to an aromatic ring is 1. The number of rotatable bonds is 2. The van der Waals surface area contributed by atoms with Gasteiger partial charge in [0.25, 0.3) is 5.91 Å². The average Bonchev–Trinajstić information content (AvgIpc) is 2.37. The van der Waals surface area contributed by atoms with Crippen molar-refractivity contribution in [1.29, 1.82) is 0 Å². The minimum absolute atomic E-state index is 0.0987. The lowest BCUT2D eigenvalue weighted by Crippen LogP contribution is -2.27. The van der Waals surface area contributed by atoms with Crippen LogP contribution in [0.3, 0.4) is 0 Å². The van der Waals surface area contributed by atoms with E-state index in [0.717, 1.165) is 5.69 Å². The Kier molecular flexibility index (Phi) is 3.28. The molecule has 0 saturated heterocycles. The van der Waals surface area contributed by atoms with Crippen LogP contribution in [0.1, 0.15) is 16.1 Å². The molecule has 0 atom stereocenters. The van der Waals surface area contributed by atoms with Gasteiger partial charge >= 0.3 is 0 Å². The fourth-order valence-electron chi connectivity index (χ4n) is 1.77. The molecule has 4 heteroatoms. The maximum atomic E-state index is 12.3. The number of aromatic nitrogens is 1. The van der Waals surface area contributed by atoms with E-state index in [2.05, 4.69) is 4.98 Å². The smallest absolute Gasteiger partial charge is 0.258 e. The van der Waals surface area contributed by atoms with Crippen LogP contribution in [0.25, 0.3) is 0 Å². The summed E-state index contributed by atoms with van der Waals surface area (Å²) < 4.78 is 0. The van der Waals surface area contributed by atoms with Gasteiger partial charge in [-0.2, -0.15) is 0 Å². The number of nitrogens with zero attached hydrogens (tertiary/aromatic N) is 2. The van der Waals surface area contributed by atoms with Crippen molar-refractivity contribution in [2.75, 3.05) is 17.7 Å². The van der Waals surface area contributed by atoms with E-state index in [9.17, 15) is 4.79 Å². The first-order valence-electron chi connectivity index (χ1n) is 5.65. The monoisotopic (exact) mass is 241 g/mol. The maximum absolute atomic E-state index is 12.3. The summed E-state index contributed by atoms with van der Waals surface area (Å²) in [7, 11) is 1.71. The van der Waals surface area contributed by atoms with Crippen molar-refractivity contribution in [3.05, 3.63) is 53.9 Å². The number of carbonyl (C=O) groups is 1. The maximum Gasteiger partial charge on any atom is 0.258 e. The topological polar surface area (TPSA) is 59.2 Å². The Labute approximate surface area is 106 Å². The minimum atomic E-state index is -0.0987. The minimum Gasteiger partial charge on any atom is -0.397 e. The Morgan fingerprint density at radius 1 is 1.28 bits per heavy atom. The molecule has 1 aromatic heterocycles. The van der Waals surface area contributed by atoms with Gasteiger partial charge in [-0.3, -0.25) is 9.78 Å². The first-order valence-corrected chi connectivity index (χ1v) is 5.65. The summed E-state index contributed by atoms with van der Waals surface area (Å²) in [6.07, 6.45) is 1.63. The standard InChI is InChI=1S/C14H15N3O/c1-10-9-11(7-8-16-10)14(18)17(2)13-6-4-3-5-12(13)15/h3-9H,15H2,1-2H3. The molecule has 0 saturated carbocycles. The highest BCUT2D eigenvalue weighted by Crippen LogP contribution is 2.22. The van der Waals surface area contributed by atoms with E-state index in [1.165, 1.54) is 0 Å². The molecule has 0 aliphatic rings. The Balaban J connectivity index is 2.32. The molecule has 0 unspecified atom stereocenters. The molecule has 0 aliphatic heterocycles. The zero-order valence-electron chi connectivity index (χ0n) is 10.4. The van der Waals surface area contributed by atoms with Gasteiger partial charge in [0.2, 0.25) is 0 Å². The fraction of sp³-hybridized carbons (Fsp3) is 0.143. The van der Waals surface area contributed by atoms with Gasteiger partial charge in [-0.1, -0.05) is 12.1 Å². The summed E-state index contributed by atoms with van der Waals surface area (Å²) in [5, 5.41) is 0. The number of carbonyl (C=O) groups excluding carboxylic acids is 1. The van der Waals surface area contributed by atoms with Gasteiger partial charge in [-0.05, 0) is 31.2 Å². The molecule has 1 aromatic carbocycles. The van der Waals surface area contributed by atoms with Gasteiger partial charge in [0.1, 0.15) is 0 Å². The normalized spacial score (nSPS) is 10.1. The highest BCUT2D eigenvalue weighted by molar-refractivity contribution is 6.07. The van der Waals surface area contributed by atoms with Gasteiger partial charge in [-0.15, -0.1) is 0 Å². The number of benzene rings is 1. The molecule has 92 valence electrons. The zero-order valence-corrected chi connectivity index (χ0v) is 10.4. The summed E-state index contributed by atoms with van der Waals surface area (Å²) in [6.45, 7) is 1.85. The molecule has 0 aliphatic carbocycles. The van der Waals surface area contributed by atoms with Crippen LogP contribution in [0.2, 0.25) is 0 Å². The Hall–Kier alpha value is -2.36. The van der Waals surface area contributed by atoms with E-state index in [4.69, 9.17) is 5.73 Å². The summed E-state index contributed by atoms with van der Waals surface area (Å²) in [4.78, 5) is 17.9. The van der Waals surface area contributed by atoms with Crippen LogP contribution in [-0.4, -0.2) is 17.9 Å². The molecule has 4 nitrogen and oxygen atoms in total. The van der Waals surface area contributed by atoms with Crippen molar-refractivity contribution in [3.63, 3.8) is 0 Å². The summed E-state index contributed by atoms with van der Waals surface area (Å²) in [5.74, 6) is -0.0987. The molecule has 2 aromatic rings. The second-order valence-electron chi connectivity index (χ2n) is 4.11. The molecule has 0 spiro atoms. The van der Waals surface area contributed by atoms with Gasteiger partial charge in [0.05, 0.1) is 11.4 Å². The number of hydrogen-bond acceptors (Lipinski definition) is 3. The molecular weight excluding hydrogens is 226 g/mol. The summed E-state index contributed by atoms with van der Waals surface area (Å²) in [6, 6.07) is 10.8. The van der Waals surface area contributed by atoms with E-state index in [-0.39, 0.29) is 5.91 Å². The molecule has 18 heavy (non-hydrogen) atoms. The van der Waals surface area contributed by atoms with Gasteiger partial charge in [0.15, 0.2) is 0 Å². The molecule has 2 N–H and O–H groups in total. The predicted molar refractivity (Wildman–Crippen MR) is 72.6 cm³/mol. The number of amides is 1. The van der Waals surface area contributed by atoms with Gasteiger partial charge in [0, 0.05) is 24.5 Å². The molecule has 0 radical (unpaired) electrons. The lowest BCUT2D eigenvalue weighted by molar-refractivity contribution is 0.0993. The Morgan fingerprint density at radius 3 is 2.67 bits per heavy atom. The van der Waals surface area contributed by atoms with Crippen LogP contribution >= 0.6 is 0 Å². The number of nitrogens with two attached hydrogens (primary N) is 1. The highest BCUT2D eigenvalue weighted by Gasteiger charge is 2.15. The third-order valence-electron chi connectivity index (χ3n) is 2.75. The lowest BCUT2D eigenvalue weighted by Gasteiger charge is -2.19. The lowest BCUT2D eigenvalue weighted by atomic mass is 10.2. The zero-order chi connectivity index (χ0) is 13.1. The SMILES string of the molecule is Cc1cc(C(=O)N(C)c2ccccc2N)ccn1. The second-order valence-corrected chi connectivity index (χ2v) is 4.11. The van der Waals surface area contributed by atoms with Crippen LogP contribution in [-0.2, 0) is 0 Å². The number of aryl methyl sites for hydroxylation is 1. The quantitative estimate of drug-likeness (QED) is 0.820. The first kappa shape index (κ1) is 12.1. The number of para-hydroxylation sites is 2. The summed E-state index contributed by atoms with van der Waals surface area (Å²) >= 11 is 0. The van der Waals surface area contributed by atoms with Crippen molar-refractivity contribution in [2.24, 2.45) is 0 Å². The van der Waals surface area contributed by atoms with Crippen molar-refractivity contribution < 1.29 is 4.79 Å². The molecule has 1 heterocycles. The summed E-state index contributed by atoms with van der Waals surface area (Å²) in [5.41, 5.74) is 8.57. The number of pyridine rings is 1. The Morgan fingerprint density at radius 2 is 2.00 bits per heavy atom. The molecule has 0 bridgehead atoms. The third kappa shape index (κ3) is 2.32. The third-order valence-corrected chi connectivity index (χ3v) is 2.75. The van der Waals surface area contributed by atoms with Gasteiger partial charge in [-0.25, -0.2) is 0 Å². The van der Waals surface area contributed by atoms with Crippen molar-refractivity contribution >= 4 is 17.3 Å². The van der Waals surface area contributed by atoms with Crippen LogP contribution in [0.5, 0.6) is 0 Å². The highest BCUT2D eigenvalue weighted by atomic mass is 16.2. The predicted octanol–water partition coefficient (Wildman–Crippen LogP) is 2.25. The van der Waals surface area contributed by atoms with Crippen LogP contribution in [0.4, 0.5) is 11.4 Å². The average molecular weight is 241 g/mol. The van der Waals surface area contributed by atoms with Gasteiger partial charge < -0.3 is 10.6 Å². The molecule has 0 fully saturated rings. The number of anilines is 2. The fourth-order valence-corrected chi connectivity index (χ4v) is 1.77. The second kappa shape index (κ2) is 4.87. The molecular formula is C14H15N3O. The largest absolute Gasteiger partial charge is 0.397 e. The van der Waals surface area contributed by atoms with E-state index >= 15 is 0 Å². The first-order chi connectivity index (χ1) is 8.59.